The molecule has 0 spiro atoms. The number of thiazole rings is 1. The van der Waals surface area contributed by atoms with Gasteiger partial charge in [0.2, 0.25) is 0 Å². The number of aryl methyl sites for hydroxylation is 1. The van der Waals surface area contributed by atoms with Crippen molar-refractivity contribution in [1.29, 1.82) is 0 Å². The summed E-state index contributed by atoms with van der Waals surface area (Å²) in [5, 5.41) is 11.9. The molecule has 1 heterocycles. The van der Waals surface area contributed by atoms with E-state index in [1.807, 2.05) is 24.1 Å². The van der Waals surface area contributed by atoms with E-state index in [2.05, 4.69) is 36.2 Å². The van der Waals surface area contributed by atoms with E-state index in [-0.39, 0.29) is 12.6 Å². The molecule has 5 heteroatoms. The molecule has 21 heavy (non-hydrogen) atoms. The summed E-state index contributed by atoms with van der Waals surface area (Å²) in [6.07, 6.45) is 0. The molecule has 0 atom stereocenters. The van der Waals surface area contributed by atoms with Crippen LogP contribution in [0.25, 0.3) is 10.6 Å². The van der Waals surface area contributed by atoms with E-state index in [0.717, 1.165) is 16.3 Å². The number of carboxylic acid groups (broad SMARTS) is 1. The minimum atomic E-state index is -0.808. The monoisotopic (exact) mass is 304 g/mol. The highest BCUT2D eigenvalue weighted by molar-refractivity contribution is 7.13. The van der Waals surface area contributed by atoms with Crippen LogP contribution in [0.3, 0.4) is 0 Å². The summed E-state index contributed by atoms with van der Waals surface area (Å²) in [7, 11) is 0. The van der Waals surface area contributed by atoms with Gasteiger partial charge in [-0.25, -0.2) is 4.98 Å². The second-order valence-electron chi connectivity index (χ2n) is 5.40. The van der Waals surface area contributed by atoms with Crippen molar-refractivity contribution in [2.75, 3.05) is 6.54 Å². The molecule has 0 unspecified atom stereocenters. The van der Waals surface area contributed by atoms with E-state index < -0.39 is 5.97 Å². The number of carbonyl (C=O) groups is 1. The van der Waals surface area contributed by atoms with Crippen LogP contribution in [0.5, 0.6) is 0 Å². The van der Waals surface area contributed by atoms with Gasteiger partial charge in [0.1, 0.15) is 5.01 Å². The van der Waals surface area contributed by atoms with Gasteiger partial charge in [-0.3, -0.25) is 9.69 Å². The van der Waals surface area contributed by atoms with Crippen molar-refractivity contribution in [3.63, 3.8) is 0 Å². The quantitative estimate of drug-likeness (QED) is 0.888. The fourth-order valence-corrected chi connectivity index (χ4v) is 2.83. The van der Waals surface area contributed by atoms with Crippen LogP contribution in [-0.2, 0) is 11.3 Å². The maximum Gasteiger partial charge on any atom is 0.317 e. The number of carboxylic acids is 1. The lowest BCUT2D eigenvalue weighted by molar-refractivity contribution is -0.138. The van der Waals surface area contributed by atoms with Crippen molar-refractivity contribution >= 4 is 17.3 Å². The Morgan fingerprint density at radius 1 is 1.33 bits per heavy atom. The molecule has 0 fully saturated rings. The number of aromatic nitrogens is 1. The molecule has 4 nitrogen and oxygen atoms in total. The lowest BCUT2D eigenvalue weighted by atomic mass is 10.2. The molecule has 0 radical (unpaired) electrons. The minimum Gasteiger partial charge on any atom is -0.480 e. The first kappa shape index (κ1) is 15.7. The largest absolute Gasteiger partial charge is 0.480 e. The normalized spacial score (nSPS) is 11.3. The van der Waals surface area contributed by atoms with E-state index in [1.165, 1.54) is 5.56 Å². The predicted molar refractivity (Wildman–Crippen MR) is 85.5 cm³/mol. The smallest absolute Gasteiger partial charge is 0.317 e. The molecule has 0 aliphatic carbocycles. The number of nitrogens with zero attached hydrogens (tertiary/aromatic N) is 2. The maximum atomic E-state index is 10.9. The van der Waals surface area contributed by atoms with Crippen molar-refractivity contribution in [2.24, 2.45) is 0 Å². The molecule has 0 amide bonds. The van der Waals surface area contributed by atoms with E-state index >= 15 is 0 Å². The first-order valence-electron chi connectivity index (χ1n) is 6.93. The SMILES string of the molecule is Cc1ccc(-c2nc(CN(CC(=O)O)C(C)C)cs2)cc1. The van der Waals surface area contributed by atoms with Crippen LogP contribution in [0, 0.1) is 6.92 Å². The molecule has 0 aliphatic rings. The highest BCUT2D eigenvalue weighted by Crippen LogP contribution is 2.24. The van der Waals surface area contributed by atoms with Crippen LogP contribution in [0.2, 0.25) is 0 Å². The molecule has 2 aromatic rings. The van der Waals surface area contributed by atoms with Crippen LogP contribution in [0.4, 0.5) is 0 Å². The molecule has 1 aromatic carbocycles. The highest BCUT2D eigenvalue weighted by Gasteiger charge is 2.15. The van der Waals surface area contributed by atoms with Gasteiger partial charge in [0, 0.05) is 23.5 Å². The summed E-state index contributed by atoms with van der Waals surface area (Å²) in [6, 6.07) is 8.44. The zero-order valence-electron chi connectivity index (χ0n) is 12.5. The molecular formula is C16H20N2O2S. The van der Waals surface area contributed by atoms with Crippen molar-refractivity contribution in [1.82, 2.24) is 9.88 Å². The second-order valence-corrected chi connectivity index (χ2v) is 6.26. The lowest BCUT2D eigenvalue weighted by Gasteiger charge is -2.23. The fourth-order valence-electron chi connectivity index (χ4n) is 2.01. The Kier molecular flexibility index (Phi) is 5.09. The topological polar surface area (TPSA) is 53.4 Å². The third kappa shape index (κ3) is 4.37. The van der Waals surface area contributed by atoms with Gasteiger partial charge >= 0.3 is 5.97 Å². The van der Waals surface area contributed by atoms with E-state index in [0.29, 0.717) is 6.54 Å². The molecule has 0 aliphatic heterocycles. The first-order valence-corrected chi connectivity index (χ1v) is 7.81. The number of hydrogen-bond donors (Lipinski definition) is 1. The Morgan fingerprint density at radius 2 is 2.00 bits per heavy atom. The average molecular weight is 304 g/mol. The van der Waals surface area contributed by atoms with E-state index in [1.54, 1.807) is 11.3 Å². The van der Waals surface area contributed by atoms with Gasteiger partial charge in [0.25, 0.3) is 0 Å². The van der Waals surface area contributed by atoms with E-state index in [9.17, 15) is 4.79 Å². The second kappa shape index (κ2) is 6.83. The highest BCUT2D eigenvalue weighted by atomic mass is 32.1. The van der Waals surface area contributed by atoms with Crippen LogP contribution in [0.1, 0.15) is 25.1 Å². The maximum absolute atomic E-state index is 10.9. The van der Waals surface area contributed by atoms with Gasteiger partial charge in [0.05, 0.1) is 12.2 Å². The first-order chi connectivity index (χ1) is 9.95. The van der Waals surface area contributed by atoms with Crippen molar-refractivity contribution in [2.45, 2.75) is 33.4 Å². The molecule has 1 N–H and O–H groups in total. The van der Waals surface area contributed by atoms with Gasteiger partial charge in [-0.2, -0.15) is 0 Å². The zero-order chi connectivity index (χ0) is 15.4. The summed E-state index contributed by atoms with van der Waals surface area (Å²) >= 11 is 1.60. The third-order valence-corrected chi connectivity index (χ3v) is 4.22. The van der Waals surface area contributed by atoms with Gasteiger partial charge in [-0.15, -0.1) is 11.3 Å². The molecule has 2 rings (SSSR count). The van der Waals surface area contributed by atoms with Crippen LogP contribution in [-0.4, -0.2) is 33.5 Å². The summed E-state index contributed by atoms with van der Waals surface area (Å²) in [5.74, 6) is -0.808. The number of rotatable bonds is 6. The molecule has 0 saturated heterocycles. The van der Waals surface area contributed by atoms with E-state index in [4.69, 9.17) is 5.11 Å². The van der Waals surface area contributed by atoms with Crippen LogP contribution >= 0.6 is 11.3 Å². The van der Waals surface area contributed by atoms with Gasteiger partial charge in [-0.05, 0) is 20.8 Å². The summed E-state index contributed by atoms with van der Waals surface area (Å²) in [4.78, 5) is 17.4. The third-order valence-electron chi connectivity index (χ3n) is 3.28. The van der Waals surface area contributed by atoms with Crippen molar-refractivity contribution in [3.05, 3.63) is 40.9 Å². The Hall–Kier alpha value is -1.72. The van der Waals surface area contributed by atoms with Gasteiger partial charge < -0.3 is 5.11 Å². The predicted octanol–water partition coefficient (Wildman–Crippen LogP) is 3.41. The van der Waals surface area contributed by atoms with Crippen LogP contribution < -0.4 is 0 Å². The Morgan fingerprint density at radius 3 is 2.57 bits per heavy atom. The minimum absolute atomic E-state index is 0.0368. The van der Waals surface area contributed by atoms with Crippen molar-refractivity contribution in [3.8, 4) is 10.6 Å². The molecule has 0 saturated carbocycles. The summed E-state index contributed by atoms with van der Waals surface area (Å²) in [5.41, 5.74) is 3.25. The standard InChI is InChI=1S/C16H20N2O2S/c1-11(2)18(9-15(19)20)8-14-10-21-16(17-14)13-6-4-12(3)5-7-13/h4-7,10-11H,8-9H2,1-3H3,(H,19,20). The van der Waals surface area contributed by atoms with Gasteiger partial charge in [-0.1, -0.05) is 29.8 Å². The Bertz CT molecular complexity index is 605. The van der Waals surface area contributed by atoms with Crippen LogP contribution in [0.15, 0.2) is 29.6 Å². The van der Waals surface area contributed by atoms with Gasteiger partial charge in [0.15, 0.2) is 0 Å². The molecule has 112 valence electrons. The Labute approximate surface area is 129 Å². The molecule has 0 bridgehead atoms. The molecule has 1 aromatic heterocycles. The lowest BCUT2D eigenvalue weighted by Crippen LogP contribution is -2.35. The number of aliphatic carboxylic acids is 1. The average Bonchev–Trinajstić information content (AvgIpc) is 2.87. The van der Waals surface area contributed by atoms with Crippen molar-refractivity contribution < 1.29 is 9.90 Å². The number of benzene rings is 1. The molecular weight excluding hydrogens is 284 g/mol. The zero-order valence-corrected chi connectivity index (χ0v) is 13.4. The number of hydrogen-bond acceptors (Lipinski definition) is 4. The summed E-state index contributed by atoms with van der Waals surface area (Å²) < 4.78 is 0. The fraction of sp³-hybridized carbons (Fsp3) is 0.375. The summed E-state index contributed by atoms with van der Waals surface area (Å²) in [6.45, 7) is 6.65. The Balaban J connectivity index is 2.11.